The second-order valence-electron chi connectivity index (χ2n) is 6.28. The van der Waals surface area contributed by atoms with Crippen molar-refractivity contribution in [2.75, 3.05) is 18.0 Å². The number of hydrogen-bond acceptors (Lipinski definition) is 2. The van der Waals surface area contributed by atoms with Gasteiger partial charge < -0.3 is 10.2 Å². The first-order valence-electron chi connectivity index (χ1n) is 6.64. The molecule has 1 aromatic rings. The zero-order chi connectivity index (χ0) is 13.3. The molecule has 1 heterocycles. The minimum Gasteiger partial charge on any atom is -0.365 e. The topological polar surface area (TPSA) is 15.3 Å². The molecule has 2 unspecified atom stereocenters. The van der Waals surface area contributed by atoms with E-state index in [4.69, 9.17) is 11.6 Å². The van der Waals surface area contributed by atoms with E-state index in [1.165, 1.54) is 0 Å². The molecular formula is C15H23ClN2. The largest absolute Gasteiger partial charge is 0.365 e. The summed E-state index contributed by atoms with van der Waals surface area (Å²) in [6, 6.07) is 9.09. The molecule has 18 heavy (non-hydrogen) atoms. The molecule has 0 amide bonds. The first-order chi connectivity index (χ1) is 8.39. The number of nitrogens with zero attached hydrogens (tertiary/aromatic N) is 1. The van der Waals surface area contributed by atoms with Gasteiger partial charge in [-0.15, -0.1) is 0 Å². The Bertz CT molecular complexity index is 411. The van der Waals surface area contributed by atoms with Crippen LogP contribution in [0.25, 0.3) is 0 Å². The predicted molar refractivity (Wildman–Crippen MR) is 79.5 cm³/mol. The molecule has 0 bridgehead atoms. The predicted octanol–water partition coefficient (Wildman–Crippen LogP) is 3.55. The maximum atomic E-state index is 6.32. The summed E-state index contributed by atoms with van der Waals surface area (Å²) in [5.74, 6) is 0. The molecule has 2 rings (SSSR count). The fraction of sp³-hybridized carbons (Fsp3) is 0.600. The highest BCUT2D eigenvalue weighted by atomic mass is 35.5. The van der Waals surface area contributed by atoms with Crippen LogP contribution in [-0.4, -0.2) is 25.2 Å². The summed E-state index contributed by atoms with van der Waals surface area (Å²) in [5, 5.41) is 4.49. The van der Waals surface area contributed by atoms with E-state index in [1.54, 1.807) is 0 Å². The summed E-state index contributed by atoms with van der Waals surface area (Å²) in [6.45, 7) is 11.1. The molecule has 0 saturated carbocycles. The van der Waals surface area contributed by atoms with Crippen molar-refractivity contribution in [3.05, 3.63) is 29.3 Å². The highest BCUT2D eigenvalue weighted by molar-refractivity contribution is 6.33. The van der Waals surface area contributed by atoms with Crippen molar-refractivity contribution in [1.82, 2.24) is 5.32 Å². The van der Waals surface area contributed by atoms with Crippen LogP contribution < -0.4 is 10.2 Å². The molecule has 1 saturated heterocycles. The minimum absolute atomic E-state index is 0.264. The lowest BCUT2D eigenvalue weighted by molar-refractivity contribution is 0.239. The van der Waals surface area contributed by atoms with Crippen molar-refractivity contribution in [1.29, 1.82) is 0 Å². The Balaban J connectivity index is 2.23. The van der Waals surface area contributed by atoms with Crippen molar-refractivity contribution in [2.45, 2.75) is 39.8 Å². The van der Waals surface area contributed by atoms with Crippen LogP contribution in [0.2, 0.25) is 5.02 Å². The highest BCUT2D eigenvalue weighted by Gasteiger charge is 2.32. The van der Waals surface area contributed by atoms with E-state index >= 15 is 0 Å². The summed E-state index contributed by atoms with van der Waals surface area (Å²) in [4.78, 5) is 2.43. The molecule has 2 atom stereocenters. The monoisotopic (exact) mass is 266 g/mol. The van der Waals surface area contributed by atoms with Gasteiger partial charge in [-0.2, -0.15) is 0 Å². The molecule has 3 heteroatoms. The summed E-state index contributed by atoms with van der Waals surface area (Å²) in [6.07, 6.45) is 0. The van der Waals surface area contributed by atoms with Crippen LogP contribution in [0.5, 0.6) is 0 Å². The number of nitrogens with one attached hydrogen (secondary N) is 1. The van der Waals surface area contributed by atoms with Crippen LogP contribution in [0.3, 0.4) is 0 Å². The minimum atomic E-state index is 0.264. The quantitative estimate of drug-likeness (QED) is 0.836. The molecule has 0 aliphatic carbocycles. The summed E-state index contributed by atoms with van der Waals surface area (Å²) in [7, 11) is 0. The Kier molecular flexibility index (Phi) is 3.88. The first kappa shape index (κ1) is 13.7. The summed E-state index contributed by atoms with van der Waals surface area (Å²) >= 11 is 6.32. The van der Waals surface area contributed by atoms with Gasteiger partial charge in [0.2, 0.25) is 0 Å². The van der Waals surface area contributed by atoms with Crippen molar-refractivity contribution in [3.8, 4) is 0 Å². The fourth-order valence-corrected chi connectivity index (χ4v) is 2.71. The van der Waals surface area contributed by atoms with Gasteiger partial charge in [-0.25, -0.2) is 0 Å². The first-order valence-corrected chi connectivity index (χ1v) is 7.02. The molecule has 1 fully saturated rings. The molecule has 1 aliphatic heterocycles. The van der Waals surface area contributed by atoms with Crippen molar-refractivity contribution in [3.63, 3.8) is 0 Å². The highest BCUT2D eigenvalue weighted by Crippen LogP contribution is 2.31. The van der Waals surface area contributed by atoms with Crippen LogP contribution >= 0.6 is 11.6 Å². The lowest BCUT2D eigenvalue weighted by Gasteiger charge is -2.45. The number of piperazine rings is 1. The molecule has 0 spiro atoms. The van der Waals surface area contributed by atoms with Gasteiger partial charge >= 0.3 is 0 Å². The number of anilines is 1. The fourth-order valence-electron chi connectivity index (χ4n) is 2.46. The van der Waals surface area contributed by atoms with Gasteiger partial charge in [0.05, 0.1) is 10.7 Å². The van der Waals surface area contributed by atoms with Gasteiger partial charge in [-0.3, -0.25) is 0 Å². The van der Waals surface area contributed by atoms with E-state index in [2.05, 4.69) is 50.0 Å². The van der Waals surface area contributed by atoms with E-state index in [1.807, 2.05) is 12.1 Å². The van der Waals surface area contributed by atoms with Crippen LogP contribution in [0, 0.1) is 5.41 Å². The molecule has 0 radical (unpaired) electrons. The van der Waals surface area contributed by atoms with Crippen molar-refractivity contribution >= 4 is 17.3 Å². The molecule has 1 aromatic carbocycles. The smallest absolute Gasteiger partial charge is 0.0639 e. The van der Waals surface area contributed by atoms with Gasteiger partial charge in [0, 0.05) is 25.2 Å². The van der Waals surface area contributed by atoms with E-state index in [-0.39, 0.29) is 5.41 Å². The van der Waals surface area contributed by atoms with Gasteiger partial charge in [0.25, 0.3) is 0 Å². The van der Waals surface area contributed by atoms with Crippen molar-refractivity contribution < 1.29 is 0 Å². The van der Waals surface area contributed by atoms with Gasteiger partial charge in [0.1, 0.15) is 0 Å². The average molecular weight is 267 g/mol. The van der Waals surface area contributed by atoms with Crippen LogP contribution in [-0.2, 0) is 0 Å². The van der Waals surface area contributed by atoms with E-state index in [0.29, 0.717) is 12.1 Å². The van der Waals surface area contributed by atoms with Gasteiger partial charge in [-0.05, 0) is 24.5 Å². The van der Waals surface area contributed by atoms with Crippen LogP contribution in [0.1, 0.15) is 27.7 Å². The second-order valence-corrected chi connectivity index (χ2v) is 6.69. The van der Waals surface area contributed by atoms with Crippen LogP contribution in [0.15, 0.2) is 24.3 Å². The maximum Gasteiger partial charge on any atom is 0.0639 e. The number of halogens is 1. The molecule has 0 aromatic heterocycles. The lowest BCUT2D eigenvalue weighted by atomic mass is 9.84. The lowest BCUT2D eigenvalue weighted by Crippen LogP contribution is -2.59. The number of hydrogen-bond donors (Lipinski definition) is 1. The Labute approximate surface area is 115 Å². The standard InChI is InChI=1S/C15H23ClN2/c1-11-9-17-14(15(2,3)4)10-18(11)13-8-6-5-7-12(13)16/h5-8,11,14,17H,9-10H2,1-4H3. The van der Waals surface area contributed by atoms with E-state index < -0.39 is 0 Å². The Morgan fingerprint density at radius 2 is 1.94 bits per heavy atom. The average Bonchev–Trinajstić information content (AvgIpc) is 2.29. The normalized spacial score (nSPS) is 25.3. The third kappa shape index (κ3) is 2.81. The van der Waals surface area contributed by atoms with Crippen molar-refractivity contribution in [2.24, 2.45) is 5.41 Å². The molecular weight excluding hydrogens is 244 g/mol. The molecule has 1 N–H and O–H groups in total. The van der Waals surface area contributed by atoms with E-state index in [9.17, 15) is 0 Å². The maximum absolute atomic E-state index is 6.32. The number of rotatable bonds is 1. The Morgan fingerprint density at radius 1 is 1.28 bits per heavy atom. The number of para-hydroxylation sites is 1. The molecule has 2 nitrogen and oxygen atoms in total. The van der Waals surface area contributed by atoms with Crippen LogP contribution in [0.4, 0.5) is 5.69 Å². The molecule has 100 valence electrons. The zero-order valence-corrected chi connectivity index (χ0v) is 12.5. The SMILES string of the molecule is CC1CNC(C(C)(C)C)CN1c1ccccc1Cl. The second kappa shape index (κ2) is 5.10. The van der Waals surface area contributed by atoms with E-state index in [0.717, 1.165) is 23.8 Å². The zero-order valence-electron chi connectivity index (χ0n) is 11.7. The third-order valence-corrected chi connectivity index (χ3v) is 4.10. The Morgan fingerprint density at radius 3 is 2.56 bits per heavy atom. The molecule has 1 aliphatic rings. The summed E-state index contributed by atoms with van der Waals surface area (Å²) in [5.41, 5.74) is 1.42. The summed E-state index contributed by atoms with van der Waals surface area (Å²) < 4.78 is 0. The Hall–Kier alpha value is -0.730. The third-order valence-electron chi connectivity index (χ3n) is 3.78. The van der Waals surface area contributed by atoms with Gasteiger partial charge in [-0.1, -0.05) is 44.5 Å². The van der Waals surface area contributed by atoms with Gasteiger partial charge in [0.15, 0.2) is 0 Å². The number of benzene rings is 1.